The van der Waals surface area contributed by atoms with Gasteiger partial charge >= 0.3 is 0 Å². The summed E-state index contributed by atoms with van der Waals surface area (Å²) in [6.07, 6.45) is 0. The Kier molecular flexibility index (Phi) is 22.1. The largest absolute Gasteiger partial charge is 0.457 e. The van der Waals surface area contributed by atoms with E-state index < -0.39 is 5.41 Å². The van der Waals surface area contributed by atoms with Gasteiger partial charge in [0.1, 0.15) is 22.5 Å². The molecule has 1 aliphatic carbocycles. The Morgan fingerprint density at radius 3 is 1.20 bits per heavy atom. The van der Waals surface area contributed by atoms with Gasteiger partial charge in [0.15, 0.2) is 11.2 Å². The predicted molar refractivity (Wildman–Crippen MR) is 600 cm³/mol. The number of ether oxygens (including phenoxy) is 1. The number of benzene rings is 22. The fourth-order valence-corrected chi connectivity index (χ4v) is 23.7. The van der Waals surface area contributed by atoms with Gasteiger partial charge < -0.3 is 23.4 Å². The van der Waals surface area contributed by atoms with Gasteiger partial charge in [-0.05, 0) is 309 Å². The lowest BCUT2D eigenvalue weighted by molar-refractivity contribution is 0.436. The molecule has 27 rings (SSSR count). The summed E-state index contributed by atoms with van der Waals surface area (Å²) < 4.78 is 19.2. The molecular weight excluding hydrogens is 1790 g/mol. The molecule has 0 unspecified atom stereocenters. The number of para-hydroxylation sites is 6. The van der Waals surface area contributed by atoms with Crippen molar-refractivity contribution in [3.05, 3.63) is 505 Å². The van der Waals surface area contributed by atoms with Crippen molar-refractivity contribution in [2.24, 2.45) is 0 Å². The summed E-state index contributed by atoms with van der Waals surface area (Å²) in [5.74, 6) is 3.29. The molecule has 0 saturated carbocycles. The predicted octanol–water partition coefficient (Wildman–Crippen LogP) is 37.4. The summed E-state index contributed by atoms with van der Waals surface area (Å²) in [6, 6.07) is 164. The molecule has 0 saturated heterocycles. The van der Waals surface area contributed by atoms with Crippen molar-refractivity contribution < 1.29 is 13.6 Å². The standard InChI is InChI=1S/C50H42N4.C46H30S.C39H22N2O3/c1-31(2)43-27-47(53(45-13-9-7-11-33(45)5)37-19-15-35(29-51)16-20-37)41-26-24-40-44(32(3)4)28-48(42-25-23-39(43)49(41)50(40)42)54(46-14-10-8-12-34(46)6)38-21-17-36(30-52)18-22-38;1-3-15-32(16-4-1)42-30-43(47-46(42)33-18-5-2-6-19-33)34-21-13-22-35(29-34)44-38-24-9-11-26-40(38)45(41-27-12-10-25-39(41)44)37-28-14-20-31-17-7-8-23-36(31)37;1-3-11-27-25(9-1)26-10-2-4-12-28(26)39(27)29-21-23(37-40-31-13-5-7-15-35(31)43-37)17-19-33(29)42-34-20-18-24(22-30(34)39)38-41-32-14-6-8-16-36(32)44-38/h7-28,31-32H,1-6H3;1-30H;1-22H. The minimum absolute atomic E-state index is 0.263. The van der Waals surface area contributed by atoms with Crippen molar-refractivity contribution in [3.8, 4) is 112 Å². The van der Waals surface area contributed by atoms with E-state index in [9.17, 15) is 10.5 Å². The quantitative estimate of drug-likeness (QED) is 0.0731. The molecule has 3 aromatic heterocycles. The van der Waals surface area contributed by atoms with Gasteiger partial charge in [-0.15, -0.1) is 11.3 Å². The molecule has 0 N–H and O–H groups in total. The topological polar surface area (TPSA) is 115 Å². The fraction of sp³-hybridized carbons (Fsp3) is 0.0667. The van der Waals surface area contributed by atoms with E-state index in [0.717, 1.165) is 90.1 Å². The molecule has 1 spiro atoms. The lowest BCUT2D eigenvalue weighted by atomic mass is 9.65. The molecule has 688 valence electrons. The smallest absolute Gasteiger partial charge is 0.227 e. The highest BCUT2D eigenvalue weighted by atomic mass is 32.1. The zero-order chi connectivity index (χ0) is 97.7. The summed E-state index contributed by atoms with van der Waals surface area (Å²) in [7, 11) is 0. The number of anilines is 6. The first kappa shape index (κ1) is 88.1. The van der Waals surface area contributed by atoms with Crippen LogP contribution >= 0.6 is 11.3 Å². The molecule has 0 amide bonds. The highest BCUT2D eigenvalue weighted by Gasteiger charge is 2.52. The maximum Gasteiger partial charge on any atom is 0.227 e. The number of aryl methyl sites for hydroxylation is 2. The van der Waals surface area contributed by atoms with Crippen LogP contribution in [-0.2, 0) is 5.41 Å². The second-order valence-corrected chi connectivity index (χ2v) is 39.3. The average Bonchev–Trinajstić information content (AvgIpc) is 1.26. The second-order valence-electron chi connectivity index (χ2n) is 38.3. The van der Waals surface area contributed by atoms with Crippen LogP contribution in [0.25, 0.3) is 175 Å². The number of thiophene rings is 1. The molecule has 25 aromatic rings. The molecule has 2 aliphatic rings. The third-order valence-corrected chi connectivity index (χ3v) is 30.4. The van der Waals surface area contributed by atoms with E-state index in [2.05, 4.69) is 415 Å². The number of oxazole rings is 2. The zero-order valence-electron chi connectivity index (χ0n) is 80.7. The number of hydrogen-bond acceptors (Lipinski definition) is 10. The Morgan fingerprint density at radius 2 is 0.703 bits per heavy atom. The molecule has 10 heteroatoms. The van der Waals surface area contributed by atoms with Gasteiger partial charge in [-0.1, -0.05) is 331 Å². The van der Waals surface area contributed by atoms with Crippen LogP contribution in [-0.4, -0.2) is 9.97 Å². The van der Waals surface area contributed by atoms with Crippen molar-refractivity contribution in [3.63, 3.8) is 0 Å². The van der Waals surface area contributed by atoms with Gasteiger partial charge in [-0.25, -0.2) is 9.97 Å². The Bertz CT molecular complexity index is 8960. The Balaban J connectivity index is 0.000000114. The summed E-state index contributed by atoms with van der Waals surface area (Å²) in [4.78, 5) is 17.0. The number of nitriles is 2. The van der Waals surface area contributed by atoms with Crippen LogP contribution in [0.1, 0.15) is 95.2 Å². The van der Waals surface area contributed by atoms with Crippen molar-refractivity contribution in [1.82, 2.24) is 9.97 Å². The zero-order valence-corrected chi connectivity index (χ0v) is 81.5. The van der Waals surface area contributed by atoms with Crippen LogP contribution in [0.2, 0.25) is 0 Å². The first-order valence-corrected chi connectivity index (χ1v) is 50.3. The van der Waals surface area contributed by atoms with Crippen molar-refractivity contribution >= 4 is 132 Å². The van der Waals surface area contributed by atoms with Gasteiger partial charge in [-0.3, -0.25) is 0 Å². The number of aromatic nitrogens is 2. The van der Waals surface area contributed by atoms with Crippen LogP contribution in [0.4, 0.5) is 34.1 Å². The van der Waals surface area contributed by atoms with E-state index in [1.54, 1.807) is 0 Å². The molecular formula is C135H94N6O3S. The van der Waals surface area contributed by atoms with Gasteiger partial charge in [-0.2, -0.15) is 10.5 Å². The van der Waals surface area contributed by atoms with Crippen LogP contribution in [0.15, 0.2) is 458 Å². The number of hydrogen-bond donors (Lipinski definition) is 0. The number of rotatable bonds is 15. The summed E-state index contributed by atoms with van der Waals surface area (Å²) in [5.41, 5.74) is 33.9. The van der Waals surface area contributed by atoms with Crippen molar-refractivity contribution in [1.29, 1.82) is 10.5 Å². The molecule has 0 atom stereocenters. The Labute approximate surface area is 845 Å². The second kappa shape index (κ2) is 36.4. The number of nitrogens with zero attached hydrogens (tertiary/aromatic N) is 6. The van der Waals surface area contributed by atoms with E-state index in [0.29, 0.717) is 22.9 Å². The van der Waals surface area contributed by atoms with Crippen molar-refractivity contribution in [2.45, 2.75) is 58.8 Å². The summed E-state index contributed by atoms with van der Waals surface area (Å²) in [6.45, 7) is 13.5. The first-order chi connectivity index (χ1) is 71.3. The lowest BCUT2D eigenvalue weighted by Gasteiger charge is -2.39. The minimum Gasteiger partial charge on any atom is -0.457 e. The molecule has 0 radical (unpaired) electrons. The molecule has 22 aromatic carbocycles. The van der Waals surface area contributed by atoms with Crippen LogP contribution in [0.5, 0.6) is 11.5 Å². The van der Waals surface area contributed by atoms with E-state index in [4.69, 9.17) is 23.5 Å². The van der Waals surface area contributed by atoms with Crippen LogP contribution < -0.4 is 14.5 Å². The molecule has 1 aliphatic heterocycles. The summed E-state index contributed by atoms with van der Waals surface area (Å²) >= 11 is 1.87. The van der Waals surface area contributed by atoms with Gasteiger partial charge in [0.2, 0.25) is 11.8 Å². The monoisotopic (exact) mass is 1880 g/mol. The van der Waals surface area contributed by atoms with E-state index >= 15 is 0 Å². The maximum atomic E-state index is 9.67. The highest BCUT2D eigenvalue weighted by molar-refractivity contribution is 7.19. The lowest BCUT2D eigenvalue weighted by Crippen LogP contribution is -2.32. The molecule has 0 bridgehead atoms. The van der Waals surface area contributed by atoms with E-state index in [-0.39, 0.29) is 11.8 Å². The number of fused-ring (bicyclic) bond motifs is 14. The third kappa shape index (κ3) is 15.1. The van der Waals surface area contributed by atoms with E-state index in [1.165, 1.54) is 163 Å². The van der Waals surface area contributed by atoms with Crippen molar-refractivity contribution in [2.75, 3.05) is 9.80 Å². The Hall–Kier alpha value is -18.3. The highest BCUT2D eigenvalue weighted by Crippen LogP contribution is 2.64. The molecule has 0 fully saturated rings. The van der Waals surface area contributed by atoms with Crippen LogP contribution in [0.3, 0.4) is 0 Å². The van der Waals surface area contributed by atoms with E-state index in [1.807, 2.05) is 108 Å². The molecule has 145 heavy (non-hydrogen) atoms. The molecule has 4 heterocycles. The maximum absolute atomic E-state index is 9.67. The SMILES string of the molecule is Cc1ccccc1N(c1ccc(C#N)cc1)c1cc(C(C)C)c2ccc3c(N(c4ccc(C#N)cc4)c4ccccc4C)cc(C(C)C)c4ccc1c2c43.c1ccc(-c2cc(-c3cccc(-c4c5ccccc5c(-c5cccc6ccccc56)c5ccccc45)c3)sc2-c2ccccc2)cc1.c1ccc2c(c1)-c1ccccc1C21c2cc(-c3nc4ccccc4o3)ccc2Oc2ccc(-c3nc4ccccc4o3)cc21. The van der Waals surface area contributed by atoms with Crippen LogP contribution in [0, 0.1) is 36.5 Å². The average molecular weight is 1880 g/mol. The Morgan fingerprint density at radius 1 is 0.297 bits per heavy atom. The first-order valence-electron chi connectivity index (χ1n) is 49.5. The minimum atomic E-state index is -0.653. The normalized spacial score (nSPS) is 12.2. The fourth-order valence-electron chi connectivity index (χ4n) is 22.5. The summed E-state index contributed by atoms with van der Waals surface area (Å²) in [5, 5.41) is 34.4. The van der Waals surface area contributed by atoms with Gasteiger partial charge in [0.05, 0.1) is 40.1 Å². The third-order valence-electron chi connectivity index (χ3n) is 29.2. The molecule has 9 nitrogen and oxygen atoms in total. The van der Waals surface area contributed by atoms with Gasteiger partial charge in [0, 0.05) is 71.1 Å². The van der Waals surface area contributed by atoms with Gasteiger partial charge in [0.25, 0.3) is 0 Å².